The summed E-state index contributed by atoms with van der Waals surface area (Å²) in [7, 11) is 2.09. The highest BCUT2D eigenvalue weighted by molar-refractivity contribution is 5.61. The summed E-state index contributed by atoms with van der Waals surface area (Å²) in [6.45, 7) is 7.03. The number of anilines is 2. The van der Waals surface area contributed by atoms with E-state index in [4.69, 9.17) is 5.73 Å². The number of pyridine rings is 1. The van der Waals surface area contributed by atoms with Gasteiger partial charge in [-0.25, -0.2) is 4.98 Å². The van der Waals surface area contributed by atoms with Crippen LogP contribution in [0.15, 0.2) is 12.3 Å². The van der Waals surface area contributed by atoms with Gasteiger partial charge < -0.3 is 16.0 Å². The van der Waals surface area contributed by atoms with Gasteiger partial charge in [0, 0.05) is 19.3 Å². The van der Waals surface area contributed by atoms with E-state index in [0.717, 1.165) is 31.0 Å². The van der Waals surface area contributed by atoms with Gasteiger partial charge in [-0.05, 0) is 32.1 Å². The van der Waals surface area contributed by atoms with Crippen molar-refractivity contribution in [3.8, 4) is 0 Å². The van der Waals surface area contributed by atoms with Crippen LogP contribution in [0.25, 0.3) is 0 Å². The smallest absolute Gasteiger partial charge is 0.149 e. The van der Waals surface area contributed by atoms with E-state index in [9.17, 15) is 0 Å². The number of nitrogen functional groups attached to an aromatic ring is 1. The van der Waals surface area contributed by atoms with Gasteiger partial charge in [0.25, 0.3) is 0 Å². The van der Waals surface area contributed by atoms with E-state index in [2.05, 4.69) is 29.2 Å². The SMILES string of the molecule is CCN(C)CCNc1ncc(C)cc1N. The topological polar surface area (TPSA) is 54.2 Å². The second-order valence-corrected chi connectivity index (χ2v) is 3.77. The molecule has 1 rings (SSSR count). The molecule has 1 aromatic heterocycles. The van der Waals surface area contributed by atoms with Gasteiger partial charge in [0.2, 0.25) is 0 Å². The highest BCUT2D eigenvalue weighted by atomic mass is 15.1. The third-order valence-electron chi connectivity index (χ3n) is 2.38. The van der Waals surface area contributed by atoms with Crippen LogP contribution < -0.4 is 11.1 Å². The summed E-state index contributed by atoms with van der Waals surface area (Å²) in [6.07, 6.45) is 1.82. The number of nitrogens with one attached hydrogen (secondary N) is 1. The van der Waals surface area contributed by atoms with Crippen LogP contribution in [-0.2, 0) is 0 Å². The van der Waals surface area contributed by atoms with Gasteiger partial charge >= 0.3 is 0 Å². The number of likely N-dealkylation sites (N-methyl/N-ethyl adjacent to an activating group) is 1. The molecule has 0 saturated carbocycles. The lowest BCUT2D eigenvalue weighted by Gasteiger charge is -2.15. The number of nitrogens with two attached hydrogens (primary N) is 1. The second kappa shape index (κ2) is 5.56. The third kappa shape index (κ3) is 3.75. The Kier molecular flexibility index (Phi) is 4.37. The number of aromatic nitrogens is 1. The molecule has 3 N–H and O–H groups in total. The molecule has 0 aliphatic heterocycles. The zero-order valence-electron chi connectivity index (χ0n) is 9.75. The first-order valence-corrected chi connectivity index (χ1v) is 5.28. The largest absolute Gasteiger partial charge is 0.396 e. The first kappa shape index (κ1) is 11.8. The van der Waals surface area contributed by atoms with Crippen molar-refractivity contribution in [2.75, 3.05) is 37.7 Å². The molecule has 0 atom stereocenters. The van der Waals surface area contributed by atoms with Crippen LogP contribution >= 0.6 is 0 Å². The van der Waals surface area contributed by atoms with Gasteiger partial charge in [0.05, 0.1) is 5.69 Å². The Labute approximate surface area is 91.5 Å². The average molecular weight is 208 g/mol. The minimum Gasteiger partial charge on any atom is -0.396 e. The normalized spacial score (nSPS) is 10.7. The second-order valence-electron chi connectivity index (χ2n) is 3.77. The molecule has 0 aliphatic rings. The van der Waals surface area contributed by atoms with E-state index in [1.54, 1.807) is 0 Å². The van der Waals surface area contributed by atoms with Crippen LogP contribution in [-0.4, -0.2) is 36.6 Å². The van der Waals surface area contributed by atoms with Crippen LogP contribution in [0.4, 0.5) is 11.5 Å². The zero-order chi connectivity index (χ0) is 11.3. The molecule has 0 aliphatic carbocycles. The lowest BCUT2D eigenvalue weighted by Crippen LogP contribution is -2.25. The van der Waals surface area contributed by atoms with Gasteiger partial charge in [-0.2, -0.15) is 0 Å². The van der Waals surface area contributed by atoms with E-state index in [1.807, 2.05) is 19.2 Å². The number of nitrogens with zero attached hydrogens (tertiary/aromatic N) is 2. The van der Waals surface area contributed by atoms with Crippen molar-refractivity contribution < 1.29 is 0 Å². The van der Waals surface area contributed by atoms with Gasteiger partial charge in [-0.3, -0.25) is 0 Å². The quantitative estimate of drug-likeness (QED) is 0.766. The van der Waals surface area contributed by atoms with Gasteiger partial charge in [-0.1, -0.05) is 6.92 Å². The van der Waals surface area contributed by atoms with Crippen LogP contribution in [0, 0.1) is 6.92 Å². The summed E-state index contributed by atoms with van der Waals surface area (Å²) in [5, 5.41) is 3.23. The molecule has 0 fully saturated rings. The van der Waals surface area contributed by atoms with Crippen LogP contribution in [0.1, 0.15) is 12.5 Å². The maximum atomic E-state index is 5.83. The van der Waals surface area contributed by atoms with E-state index in [1.165, 1.54) is 0 Å². The van der Waals surface area contributed by atoms with Crippen molar-refractivity contribution in [1.29, 1.82) is 0 Å². The van der Waals surface area contributed by atoms with Gasteiger partial charge in [-0.15, -0.1) is 0 Å². The predicted molar refractivity (Wildman–Crippen MR) is 65.0 cm³/mol. The van der Waals surface area contributed by atoms with E-state index < -0.39 is 0 Å². The Bertz CT molecular complexity index is 311. The standard InChI is InChI=1S/C11H20N4/c1-4-15(3)6-5-13-11-10(12)7-9(2)8-14-11/h7-8H,4-6,12H2,1-3H3,(H,13,14). The van der Waals surface area contributed by atoms with Crippen LogP contribution in [0.3, 0.4) is 0 Å². The molecule has 0 bridgehead atoms. The molecule has 84 valence electrons. The summed E-state index contributed by atoms with van der Waals surface area (Å²) in [4.78, 5) is 6.48. The molecule has 15 heavy (non-hydrogen) atoms. The molecule has 1 heterocycles. The van der Waals surface area contributed by atoms with Crippen molar-refractivity contribution in [3.63, 3.8) is 0 Å². The van der Waals surface area contributed by atoms with Crippen molar-refractivity contribution in [3.05, 3.63) is 17.8 Å². The van der Waals surface area contributed by atoms with E-state index in [0.29, 0.717) is 5.69 Å². The first-order valence-electron chi connectivity index (χ1n) is 5.28. The highest BCUT2D eigenvalue weighted by Crippen LogP contribution is 2.15. The molecule has 0 unspecified atom stereocenters. The number of hydrogen-bond acceptors (Lipinski definition) is 4. The fraction of sp³-hybridized carbons (Fsp3) is 0.545. The molecular formula is C11H20N4. The summed E-state index contributed by atoms with van der Waals surface area (Å²) >= 11 is 0. The number of rotatable bonds is 5. The molecule has 4 heteroatoms. The monoisotopic (exact) mass is 208 g/mol. The molecule has 0 saturated heterocycles. The van der Waals surface area contributed by atoms with Crippen molar-refractivity contribution in [2.45, 2.75) is 13.8 Å². The summed E-state index contributed by atoms with van der Waals surface area (Å²) in [5.41, 5.74) is 7.64. The van der Waals surface area contributed by atoms with Crippen molar-refractivity contribution >= 4 is 11.5 Å². The average Bonchev–Trinajstić information content (AvgIpc) is 2.21. The fourth-order valence-corrected chi connectivity index (χ4v) is 1.26. The molecule has 0 radical (unpaired) electrons. The van der Waals surface area contributed by atoms with Gasteiger partial charge in [0.15, 0.2) is 0 Å². The maximum Gasteiger partial charge on any atom is 0.149 e. The Balaban J connectivity index is 2.44. The summed E-state index contributed by atoms with van der Waals surface area (Å²) in [5.74, 6) is 0.783. The maximum absolute atomic E-state index is 5.83. The Morgan fingerprint density at radius 2 is 2.27 bits per heavy atom. The third-order valence-corrected chi connectivity index (χ3v) is 2.38. The van der Waals surface area contributed by atoms with Crippen molar-refractivity contribution in [1.82, 2.24) is 9.88 Å². The van der Waals surface area contributed by atoms with E-state index in [-0.39, 0.29) is 0 Å². The Morgan fingerprint density at radius 1 is 1.53 bits per heavy atom. The fourth-order valence-electron chi connectivity index (χ4n) is 1.26. The zero-order valence-corrected chi connectivity index (χ0v) is 9.75. The summed E-state index contributed by atoms with van der Waals surface area (Å²) < 4.78 is 0. The van der Waals surface area contributed by atoms with E-state index >= 15 is 0 Å². The molecule has 0 amide bonds. The van der Waals surface area contributed by atoms with Gasteiger partial charge in [0.1, 0.15) is 5.82 Å². The lowest BCUT2D eigenvalue weighted by atomic mass is 10.3. The number of aryl methyl sites for hydroxylation is 1. The van der Waals surface area contributed by atoms with Crippen molar-refractivity contribution in [2.24, 2.45) is 0 Å². The predicted octanol–water partition coefficient (Wildman–Crippen LogP) is 1.34. The highest BCUT2D eigenvalue weighted by Gasteiger charge is 2.00. The molecule has 1 aromatic rings. The minimum atomic E-state index is 0.717. The first-order chi connectivity index (χ1) is 7.13. The minimum absolute atomic E-state index is 0.717. The molecule has 0 aromatic carbocycles. The van der Waals surface area contributed by atoms with Crippen LogP contribution in [0.2, 0.25) is 0 Å². The lowest BCUT2D eigenvalue weighted by molar-refractivity contribution is 0.367. The summed E-state index contributed by atoms with van der Waals surface area (Å²) in [6, 6.07) is 1.93. The Morgan fingerprint density at radius 3 is 2.87 bits per heavy atom. The Hall–Kier alpha value is -1.29. The molecule has 0 spiro atoms. The van der Waals surface area contributed by atoms with Crippen LogP contribution in [0.5, 0.6) is 0 Å². The molecule has 4 nitrogen and oxygen atoms in total. The number of hydrogen-bond donors (Lipinski definition) is 2. The molecular weight excluding hydrogens is 188 g/mol.